The monoisotopic (exact) mass is 550 g/mol. The average Bonchev–Trinajstić information content (AvgIpc) is 2.84. The van der Waals surface area contributed by atoms with Gasteiger partial charge >= 0.3 is 194 Å². The van der Waals surface area contributed by atoms with E-state index in [1.54, 1.807) is 0 Å². The van der Waals surface area contributed by atoms with E-state index in [0.717, 1.165) is 10.4 Å². The van der Waals surface area contributed by atoms with Gasteiger partial charge in [0, 0.05) is 0 Å². The van der Waals surface area contributed by atoms with Crippen LogP contribution < -0.4 is 17.4 Å². The second kappa shape index (κ2) is 9.71. The van der Waals surface area contributed by atoms with E-state index >= 15 is 0 Å². The van der Waals surface area contributed by atoms with Crippen LogP contribution >= 0.6 is 20.8 Å². The first-order chi connectivity index (χ1) is 14.6. The normalized spacial score (nSPS) is 11.9. The summed E-state index contributed by atoms with van der Waals surface area (Å²) < 4.78 is 5.37. The van der Waals surface area contributed by atoms with E-state index in [-0.39, 0.29) is 0 Å². The molecule has 30 heavy (non-hydrogen) atoms. The van der Waals surface area contributed by atoms with Crippen LogP contribution in [0.5, 0.6) is 0 Å². The molecule has 0 radical (unpaired) electrons. The summed E-state index contributed by atoms with van der Waals surface area (Å²) >= 11 is -5.50. The van der Waals surface area contributed by atoms with Crippen molar-refractivity contribution >= 4 is 61.9 Å². The number of rotatable bonds is 7. The predicted molar refractivity (Wildman–Crippen MR) is 141 cm³/mol. The summed E-state index contributed by atoms with van der Waals surface area (Å²) in [7, 11) is 13.1. The molecule has 0 saturated carbocycles. The Morgan fingerprint density at radius 1 is 0.367 bits per heavy atom. The third kappa shape index (κ3) is 4.53. The van der Waals surface area contributed by atoms with Gasteiger partial charge in [0.15, 0.2) is 0 Å². The summed E-state index contributed by atoms with van der Waals surface area (Å²) in [4.78, 5) is 0. The molecule has 0 aliphatic carbocycles. The molecule has 4 aromatic rings. The molecule has 4 aromatic carbocycles. The molecule has 4 rings (SSSR count). The number of hydrogen-bond donors (Lipinski definition) is 0. The molecular formula is C26H24As2S2. The quantitative estimate of drug-likeness (QED) is 0.301. The zero-order valence-corrected chi connectivity index (χ0v) is 22.1. The van der Waals surface area contributed by atoms with Crippen molar-refractivity contribution in [1.82, 2.24) is 0 Å². The molecule has 0 saturated heterocycles. The standard InChI is InChI=1S/C26H24As2S2/c29-27(23-13-5-1-6-14-23,24-15-7-2-8-16-24)21-22-28(30,25-17-9-3-10-18-25)26-19-11-4-12-20-26/h1-20H,21-22H2. The van der Waals surface area contributed by atoms with Gasteiger partial charge in [-0.3, -0.25) is 0 Å². The van der Waals surface area contributed by atoms with Crippen LogP contribution in [0.15, 0.2) is 121 Å². The summed E-state index contributed by atoms with van der Waals surface area (Å²) in [5.41, 5.74) is 0. The maximum absolute atomic E-state index is 6.56. The Hall–Kier alpha value is -1.56. The van der Waals surface area contributed by atoms with Gasteiger partial charge in [0.25, 0.3) is 0 Å². The van der Waals surface area contributed by atoms with Crippen molar-refractivity contribution in [2.45, 2.75) is 10.4 Å². The number of hydrogen-bond acceptors (Lipinski definition) is 2. The molecule has 0 atom stereocenters. The van der Waals surface area contributed by atoms with Crippen LogP contribution in [0.4, 0.5) is 0 Å². The van der Waals surface area contributed by atoms with Crippen molar-refractivity contribution in [2.75, 3.05) is 0 Å². The van der Waals surface area contributed by atoms with Gasteiger partial charge < -0.3 is 0 Å². The third-order valence-corrected chi connectivity index (χ3v) is 26.4. The van der Waals surface area contributed by atoms with E-state index in [1.807, 2.05) is 0 Å². The van der Waals surface area contributed by atoms with Crippen LogP contribution in [-0.2, 0) is 0 Å². The van der Waals surface area contributed by atoms with Crippen molar-refractivity contribution in [3.63, 3.8) is 0 Å². The zero-order valence-electron chi connectivity index (χ0n) is 16.7. The fourth-order valence-electron chi connectivity index (χ4n) is 3.77. The molecule has 0 spiro atoms. The predicted octanol–water partition coefficient (Wildman–Crippen LogP) is 4.90. The van der Waals surface area contributed by atoms with E-state index < -0.39 is 23.8 Å². The summed E-state index contributed by atoms with van der Waals surface area (Å²) in [6.45, 7) is 0. The molecule has 0 nitrogen and oxygen atoms in total. The minimum absolute atomic E-state index is 1.02. The fraction of sp³-hybridized carbons (Fsp3) is 0.0769. The molecule has 0 amide bonds. The van der Waals surface area contributed by atoms with Crippen LogP contribution in [-0.4, -0.2) is 23.8 Å². The Balaban J connectivity index is 1.78. The minimum atomic E-state index is -2.75. The van der Waals surface area contributed by atoms with Crippen LogP contribution in [0, 0.1) is 0 Å². The Morgan fingerprint density at radius 3 is 0.767 bits per heavy atom. The van der Waals surface area contributed by atoms with Gasteiger partial charge in [-0.1, -0.05) is 0 Å². The molecule has 0 aromatic heterocycles. The molecule has 0 unspecified atom stereocenters. The Bertz CT molecular complexity index is 991. The molecule has 0 fully saturated rings. The molecule has 0 heterocycles. The molecule has 0 aliphatic heterocycles. The zero-order chi connectivity index (χ0) is 20.9. The first kappa shape index (κ1) is 21.7. The van der Waals surface area contributed by atoms with Gasteiger partial charge in [-0.15, -0.1) is 0 Å². The van der Waals surface area contributed by atoms with Crippen LogP contribution in [0.2, 0.25) is 10.4 Å². The molecular weight excluding hydrogens is 526 g/mol. The van der Waals surface area contributed by atoms with Crippen LogP contribution in [0.25, 0.3) is 0 Å². The van der Waals surface area contributed by atoms with E-state index in [1.165, 1.54) is 17.4 Å². The van der Waals surface area contributed by atoms with Gasteiger partial charge in [0.1, 0.15) is 0 Å². The van der Waals surface area contributed by atoms with Gasteiger partial charge in [-0.2, -0.15) is 0 Å². The summed E-state index contributed by atoms with van der Waals surface area (Å²) in [6.07, 6.45) is 0. The van der Waals surface area contributed by atoms with E-state index in [2.05, 4.69) is 121 Å². The maximum atomic E-state index is 6.56. The molecule has 150 valence electrons. The molecule has 0 N–H and O–H groups in total. The summed E-state index contributed by atoms with van der Waals surface area (Å²) in [6, 6.07) is 43.1. The van der Waals surface area contributed by atoms with Gasteiger partial charge in [-0.25, -0.2) is 0 Å². The van der Waals surface area contributed by atoms with Crippen molar-refractivity contribution in [3.8, 4) is 0 Å². The first-order valence-electron chi connectivity index (χ1n) is 10.0. The van der Waals surface area contributed by atoms with Crippen molar-refractivity contribution in [1.29, 1.82) is 0 Å². The molecule has 4 heteroatoms. The summed E-state index contributed by atoms with van der Waals surface area (Å²) in [5, 5.41) is 2.03. The van der Waals surface area contributed by atoms with E-state index in [0.29, 0.717) is 0 Å². The Labute approximate surface area is 192 Å². The first-order valence-corrected chi connectivity index (χ1v) is 21.8. The number of benzene rings is 4. The van der Waals surface area contributed by atoms with Crippen molar-refractivity contribution in [2.24, 2.45) is 0 Å². The van der Waals surface area contributed by atoms with Crippen LogP contribution in [0.1, 0.15) is 0 Å². The molecule has 0 bridgehead atoms. The second-order valence-electron chi connectivity index (χ2n) is 7.27. The second-order valence-corrected chi connectivity index (χ2v) is 26.2. The van der Waals surface area contributed by atoms with Crippen molar-refractivity contribution in [3.05, 3.63) is 121 Å². The Kier molecular flexibility index (Phi) is 7.01. The van der Waals surface area contributed by atoms with Gasteiger partial charge in [0.05, 0.1) is 0 Å². The average molecular weight is 550 g/mol. The topological polar surface area (TPSA) is 0 Å². The molecule has 0 aliphatic rings. The summed E-state index contributed by atoms with van der Waals surface area (Å²) in [5.74, 6) is 0. The SMILES string of the molecule is S=[As](CC[As](=S)(c1ccccc1)c1ccccc1)(c1ccccc1)c1ccccc1. The van der Waals surface area contributed by atoms with Crippen molar-refractivity contribution < 1.29 is 0 Å². The fourth-order valence-corrected chi connectivity index (χ4v) is 26.9. The van der Waals surface area contributed by atoms with Gasteiger partial charge in [-0.05, 0) is 0 Å². The van der Waals surface area contributed by atoms with E-state index in [9.17, 15) is 0 Å². The van der Waals surface area contributed by atoms with Crippen LogP contribution in [0.3, 0.4) is 0 Å². The van der Waals surface area contributed by atoms with Gasteiger partial charge in [0.2, 0.25) is 0 Å². The Morgan fingerprint density at radius 2 is 0.567 bits per heavy atom. The third-order valence-electron chi connectivity index (χ3n) is 5.42. The van der Waals surface area contributed by atoms with E-state index in [4.69, 9.17) is 20.8 Å².